The zero-order chi connectivity index (χ0) is 10.1. The number of ether oxygens (including phenoxy) is 1. The average Bonchev–Trinajstić information content (AvgIpc) is 2.18. The van der Waals surface area contributed by atoms with Crippen LogP contribution in [0.2, 0.25) is 0 Å². The number of rotatable bonds is 1. The maximum Gasteiger partial charge on any atom is 0.136 e. The molecular formula is C12H14O2. The molecule has 14 heavy (non-hydrogen) atoms. The fourth-order valence-electron chi connectivity index (χ4n) is 1.83. The number of ketones is 1. The van der Waals surface area contributed by atoms with Crippen molar-refractivity contribution in [3.63, 3.8) is 0 Å². The summed E-state index contributed by atoms with van der Waals surface area (Å²) in [6, 6.07) is 6.02. The molecule has 0 saturated heterocycles. The Morgan fingerprint density at radius 3 is 3.00 bits per heavy atom. The summed E-state index contributed by atoms with van der Waals surface area (Å²) in [7, 11) is 0. The van der Waals surface area contributed by atoms with Gasteiger partial charge in [-0.25, -0.2) is 0 Å². The van der Waals surface area contributed by atoms with Crippen molar-refractivity contribution in [2.75, 3.05) is 6.61 Å². The molecule has 1 aromatic carbocycles. The SMILES string of the molecule is CC(=O)C1COc2cccc(C)c2C1. The molecule has 1 aliphatic rings. The molecule has 0 aliphatic carbocycles. The summed E-state index contributed by atoms with van der Waals surface area (Å²) in [6.07, 6.45) is 0.831. The smallest absolute Gasteiger partial charge is 0.136 e. The summed E-state index contributed by atoms with van der Waals surface area (Å²) in [5, 5.41) is 0. The molecule has 1 heterocycles. The van der Waals surface area contributed by atoms with Crippen molar-refractivity contribution in [3.05, 3.63) is 29.3 Å². The lowest BCUT2D eigenvalue weighted by atomic mass is 9.91. The van der Waals surface area contributed by atoms with Crippen LogP contribution in [0, 0.1) is 12.8 Å². The Kier molecular flexibility index (Phi) is 2.28. The summed E-state index contributed by atoms with van der Waals surface area (Å²) in [5.74, 6) is 1.21. The van der Waals surface area contributed by atoms with Crippen LogP contribution in [0.25, 0.3) is 0 Å². The van der Waals surface area contributed by atoms with Gasteiger partial charge in [-0.3, -0.25) is 4.79 Å². The summed E-state index contributed by atoms with van der Waals surface area (Å²) in [5.41, 5.74) is 2.41. The highest BCUT2D eigenvalue weighted by Gasteiger charge is 2.23. The summed E-state index contributed by atoms with van der Waals surface area (Å²) >= 11 is 0. The largest absolute Gasteiger partial charge is 0.493 e. The molecule has 74 valence electrons. The maximum atomic E-state index is 11.2. The molecule has 0 amide bonds. The summed E-state index contributed by atoms with van der Waals surface area (Å²) in [4.78, 5) is 11.2. The Balaban J connectivity index is 2.33. The first-order valence-electron chi connectivity index (χ1n) is 4.90. The van der Waals surface area contributed by atoms with Crippen molar-refractivity contribution in [3.8, 4) is 5.75 Å². The molecule has 0 spiro atoms. The standard InChI is InChI=1S/C12H14O2/c1-8-4-3-5-12-11(8)6-10(7-14-12)9(2)13/h3-5,10H,6-7H2,1-2H3. The lowest BCUT2D eigenvalue weighted by molar-refractivity contribution is -0.121. The second kappa shape index (κ2) is 3.45. The number of benzene rings is 1. The molecule has 2 rings (SSSR count). The van der Waals surface area contributed by atoms with Gasteiger partial charge in [0.1, 0.15) is 11.5 Å². The van der Waals surface area contributed by atoms with E-state index in [1.54, 1.807) is 6.92 Å². The zero-order valence-corrected chi connectivity index (χ0v) is 8.54. The van der Waals surface area contributed by atoms with Crippen molar-refractivity contribution < 1.29 is 9.53 Å². The number of fused-ring (bicyclic) bond motifs is 1. The maximum absolute atomic E-state index is 11.2. The van der Waals surface area contributed by atoms with E-state index in [0.29, 0.717) is 6.61 Å². The van der Waals surface area contributed by atoms with Crippen molar-refractivity contribution in [2.24, 2.45) is 5.92 Å². The van der Waals surface area contributed by atoms with E-state index in [0.717, 1.165) is 12.2 Å². The fourth-order valence-corrected chi connectivity index (χ4v) is 1.83. The van der Waals surface area contributed by atoms with Crippen molar-refractivity contribution in [1.29, 1.82) is 0 Å². The van der Waals surface area contributed by atoms with E-state index in [9.17, 15) is 4.79 Å². The van der Waals surface area contributed by atoms with Gasteiger partial charge in [-0.05, 0) is 37.5 Å². The van der Waals surface area contributed by atoms with Crippen molar-refractivity contribution >= 4 is 5.78 Å². The molecule has 0 bridgehead atoms. The van der Waals surface area contributed by atoms with E-state index >= 15 is 0 Å². The minimum Gasteiger partial charge on any atom is -0.493 e. The van der Waals surface area contributed by atoms with Gasteiger partial charge in [0.2, 0.25) is 0 Å². The highest BCUT2D eigenvalue weighted by atomic mass is 16.5. The minimum atomic E-state index is 0.0450. The monoisotopic (exact) mass is 190 g/mol. The number of carbonyl (C=O) groups excluding carboxylic acids is 1. The third-order valence-electron chi connectivity index (χ3n) is 2.83. The molecule has 1 aromatic rings. The lowest BCUT2D eigenvalue weighted by Crippen LogP contribution is -2.26. The van der Waals surface area contributed by atoms with Gasteiger partial charge < -0.3 is 4.74 Å². The first kappa shape index (κ1) is 9.25. The van der Waals surface area contributed by atoms with E-state index in [2.05, 4.69) is 13.0 Å². The third-order valence-corrected chi connectivity index (χ3v) is 2.83. The predicted octanol–water partition coefficient (Wildman–Crippen LogP) is 2.14. The molecule has 2 nitrogen and oxygen atoms in total. The topological polar surface area (TPSA) is 26.3 Å². The van der Waals surface area contributed by atoms with Crippen LogP contribution < -0.4 is 4.74 Å². The van der Waals surface area contributed by atoms with Crippen LogP contribution in [0.15, 0.2) is 18.2 Å². The number of carbonyl (C=O) groups is 1. The lowest BCUT2D eigenvalue weighted by Gasteiger charge is -2.24. The van der Waals surface area contributed by atoms with E-state index in [-0.39, 0.29) is 11.7 Å². The van der Waals surface area contributed by atoms with Crippen LogP contribution in [0.1, 0.15) is 18.1 Å². The van der Waals surface area contributed by atoms with Gasteiger partial charge in [-0.15, -0.1) is 0 Å². The minimum absolute atomic E-state index is 0.0450. The van der Waals surface area contributed by atoms with Gasteiger partial charge in [0.25, 0.3) is 0 Å². The molecule has 0 aromatic heterocycles. The molecule has 1 atom stereocenters. The van der Waals surface area contributed by atoms with Gasteiger partial charge >= 0.3 is 0 Å². The Morgan fingerprint density at radius 2 is 2.29 bits per heavy atom. The average molecular weight is 190 g/mol. The molecule has 0 saturated carbocycles. The predicted molar refractivity (Wildman–Crippen MR) is 54.5 cm³/mol. The van der Waals surface area contributed by atoms with Crippen LogP contribution in [0.5, 0.6) is 5.75 Å². The number of aryl methyl sites for hydroxylation is 1. The molecular weight excluding hydrogens is 176 g/mol. The molecule has 0 N–H and O–H groups in total. The van der Waals surface area contributed by atoms with Crippen LogP contribution in [-0.4, -0.2) is 12.4 Å². The molecule has 0 radical (unpaired) electrons. The number of hydrogen-bond acceptors (Lipinski definition) is 2. The number of Topliss-reactive ketones (excluding diaryl/α,β-unsaturated/α-hetero) is 1. The normalized spacial score (nSPS) is 19.7. The Hall–Kier alpha value is -1.31. The van der Waals surface area contributed by atoms with Crippen LogP contribution in [0.4, 0.5) is 0 Å². The molecule has 1 aliphatic heterocycles. The van der Waals surface area contributed by atoms with E-state index in [4.69, 9.17) is 4.74 Å². The fraction of sp³-hybridized carbons (Fsp3) is 0.417. The van der Waals surface area contributed by atoms with Crippen molar-refractivity contribution in [1.82, 2.24) is 0 Å². The number of hydrogen-bond donors (Lipinski definition) is 0. The van der Waals surface area contributed by atoms with Gasteiger partial charge in [0.05, 0.1) is 12.5 Å². The third kappa shape index (κ3) is 1.52. The van der Waals surface area contributed by atoms with E-state index < -0.39 is 0 Å². The molecule has 1 unspecified atom stereocenters. The summed E-state index contributed by atoms with van der Waals surface area (Å²) < 4.78 is 5.56. The van der Waals surface area contributed by atoms with Gasteiger partial charge in [0, 0.05) is 0 Å². The van der Waals surface area contributed by atoms with Crippen LogP contribution in [0.3, 0.4) is 0 Å². The van der Waals surface area contributed by atoms with E-state index in [1.165, 1.54) is 11.1 Å². The van der Waals surface area contributed by atoms with Crippen LogP contribution in [-0.2, 0) is 11.2 Å². The first-order chi connectivity index (χ1) is 6.68. The zero-order valence-electron chi connectivity index (χ0n) is 8.54. The molecule has 2 heteroatoms. The van der Waals surface area contributed by atoms with Gasteiger partial charge in [-0.2, -0.15) is 0 Å². The Morgan fingerprint density at radius 1 is 1.50 bits per heavy atom. The van der Waals surface area contributed by atoms with Crippen molar-refractivity contribution in [2.45, 2.75) is 20.3 Å². The van der Waals surface area contributed by atoms with Crippen LogP contribution >= 0.6 is 0 Å². The first-order valence-corrected chi connectivity index (χ1v) is 4.90. The van der Waals surface area contributed by atoms with Gasteiger partial charge in [0.15, 0.2) is 0 Å². The Labute approximate surface area is 83.9 Å². The second-order valence-corrected chi connectivity index (χ2v) is 3.87. The van der Waals surface area contributed by atoms with E-state index in [1.807, 2.05) is 12.1 Å². The second-order valence-electron chi connectivity index (χ2n) is 3.87. The highest BCUT2D eigenvalue weighted by molar-refractivity contribution is 5.79. The highest BCUT2D eigenvalue weighted by Crippen LogP contribution is 2.29. The Bertz CT molecular complexity index is 369. The summed E-state index contributed by atoms with van der Waals surface area (Å²) in [6.45, 7) is 4.23. The quantitative estimate of drug-likeness (QED) is 0.678. The molecule has 0 fully saturated rings. The van der Waals surface area contributed by atoms with Gasteiger partial charge in [-0.1, -0.05) is 12.1 Å².